The minimum Gasteiger partial charge on any atom is -0.446 e. The number of rotatable bonds is 2. The van der Waals surface area contributed by atoms with Gasteiger partial charge in [0.05, 0.1) is 12.5 Å². The Hall–Kier alpha value is -1.58. The lowest BCUT2D eigenvalue weighted by atomic mass is 10.3. The quantitative estimate of drug-likeness (QED) is 0.668. The fourth-order valence-electron chi connectivity index (χ4n) is 0.970. The Kier molecular flexibility index (Phi) is 1.66. The molecule has 0 saturated carbocycles. The Labute approximate surface area is 69.9 Å². The van der Waals surface area contributed by atoms with E-state index in [1.807, 2.05) is 17.7 Å². The molecule has 4 nitrogen and oxygen atoms in total. The standard InChI is InChI=1S/C8H8N3O/c1-7(8-10-3-5-12-8)11-4-2-9-6-11/h2-6H,1H3. The van der Waals surface area contributed by atoms with Crippen molar-refractivity contribution in [2.24, 2.45) is 0 Å². The summed E-state index contributed by atoms with van der Waals surface area (Å²) in [5.41, 5.74) is 0. The van der Waals surface area contributed by atoms with Gasteiger partial charge in [0.15, 0.2) is 6.04 Å². The first-order chi connectivity index (χ1) is 5.88. The molecule has 0 spiro atoms. The minimum absolute atomic E-state index is 0.619. The zero-order valence-electron chi connectivity index (χ0n) is 6.64. The van der Waals surface area contributed by atoms with Crippen molar-refractivity contribution in [1.29, 1.82) is 0 Å². The lowest BCUT2D eigenvalue weighted by Gasteiger charge is -2.05. The highest BCUT2D eigenvalue weighted by molar-refractivity contribution is 5.10. The number of hydrogen-bond donors (Lipinski definition) is 0. The van der Waals surface area contributed by atoms with Crippen LogP contribution in [0.15, 0.2) is 35.6 Å². The van der Waals surface area contributed by atoms with E-state index in [0.717, 1.165) is 6.04 Å². The summed E-state index contributed by atoms with van der Waals surface area (Å²) >= 11 is 0. The smallest absolute Gasteiger partial charge is 0.222 e. The van der Waals surface area contributed by atoms with E-state index < -0.39 is 0 Å². The van der Waals surface area contributed by atoms with Gasteiger partial charge in [0.25, 0.3) is 0 Å². The summed E-state index contributed by atoms with van der Waals surface area (Å²) in [6.07, 6.45) is 8.44. The van der Waals surface area contributed by atoms with Crippen LogP contribution in [-0.4, -0.2) is 14.5 Å². The van der Waals surface area contributed by atoms with E-state index in [1.54, 1.807) is 25.0 Å². The molecule has 61 valence electrons. The van der Waals surface area contributed by atoms with Crippen molar-refractivity contribution in [2.75, 3.05) is 0 Å². The lowest BCUT2D eigenvalue weighted by Crippen LogP contribution is -2.05. The van der Waals surface area contributed by atoms with E-state index in [4.69, 9.17) is 4.42 Å². The Morgan fingerprint density at radius 3 is 3.00 bits per heavy atom. The van der Waals surface area contributed by atoms with E-state index in [9.17, 15) is 0 Å². The molecule has 0 bridgehead atoms. The molecule has 2 heterocycles. The molecule has 4 heteroatoms. The maximum absolute atomic E-state index is 5.12. The molecule has 2 aromatic heterocycles. The van der Waals surface area contributed by atoms with E-state index in [-0.39, 0.29) is 0 Å². The van der Waals surface area contributed by atoms with Gasteiger partial charge in [0.1, 0.15) is 6.26 Å². The van der Waals surface area contributed by atoms with Crippen LogP contribution in [0.25, 0.3) is 0 Å². The van der Waals surface area contributed by atoms with Gasteiger partial charge in [-0.3, -0.25) is 0 Å². The third kappa shape index (κ3) is 1.11. The van der Waals surface area contributed by atoms with E-state index in [0.29, 0.717) is 5.89 Å². The fourth-order valence-corrected chi connectivity index (χ4v) is 0.970. The van der Waals surface area contributed by atoms with Crippen LogP contribution in [0, 0.1) is 6.04 Å². The van der Waals surface area contributed by atoms with Crippen molar-refractivity contribution in [1.82, 2.24) is 14.5 Å². The van der Waals surface area contributed by atoms with Crippen molar-refractivity contribution in [3.63, 3.8) is 0 Å². The summed E-state index contributed by atoms with van der Waals surface area (Å²) < 4.78 is 6.98. The Morgan fingerprint density at radius 2 is 2.42 bits per heavy atom. The van der Waals surface area contributed by atoms with Gasteiger partial charge in [-0.1, -0.05) is 0 Å². The fraction of sp³-hybridized carbons (Fsp3) is 0.125. The molecule has 0 fully saturated rings. The number of nitrogens with zero attached hydrogens (tertiary/aromatic N) is 3. The highest BCUT2D eigenvalue weighted by Crippen LogP contribution is 2.12. The molecule has 0 saturated heterocycles. The van der Waals surface area contributed by atoms with Crippen LogP contribution in [0.4, 0.5) is 0 Å². The molecule has 2 aromatic rings. The highest BCUT2D eigenvalue weighted by Gasteiger charge is 2.11. The van der Waals surface area contributed by atoms with Crippen molar-refractivity contribution in [2.45, 2.75) is 6.92 Å². The molecular weight excluding hydrogens is 154 g/mol. The molecule has 0 unspecified atom stereocenters. The summed E-state index contributed by atoms with van der Waals surface area (Å²) in [6.45, 7) is 1.92. The summed E-state index contributed by atoms with van der Waals surface area (Å²) in [5, 5.41) is 0. The molecule has 2 rings (SSSR count). The van der Waals surface area contributed by atoms with Gasteiger partial charge in [0, 0.05) is 12.4 Å². The molecule has 0 amide bonds. The molecule has 0 atom stereocenters. The third-order valence-corrected chi connectivity index (χ3v) is 1.63. The Bertz CT molecular complexity index is 291. The highest BCUT2D eigenvalue weighted by atomic mass is 16.3. The van der Waals surface area contributed by atoms with Crippen molar-refractivity contribution < 1.29 is 4.42 Å². The maximum atomic E-state index is 5.12. The molecule has 1 radical (unpaired) electrons. The van der Waals surface area contributed by atoms with Gasteiger partial charge in [-0.2, -0.15) is 0 Å². The SMILES string of the molecule is C[C](c1ncco1)n1ccnc1. The normalized spacial score (nSPS) is 10.8. The van der Waals surface area contributed by atoms with Crippen LogP contribution >= 0.6 is 0 Å². The van der Waals surface area contributed by atoms with Crippen LogP contribution in [-0.2, 0) is 0 Å². The number of imidazole rings is 1. The first kappa shape index (κ1) is 7.09. The van der Waals surface area contributed by atoms with Gasteiger partial charge in [-0.25, -0.2) is 9.97 Å². The molecule has 0 aliphatic carbocycles. The number of oxazole rings is 1. The Balaban J connectivity index is 2.27. The van der Waals surface area contributed by atoms with Crippen LogP contribution in [0.1, 0.15) is 12.8 Å². The molecule has 0 N–H and O–H groups in total. The number of aromatic nitrogens is 3. The van der Waals surface area contributed by atoms with Gasteiger partial charge >= 0.3 is 0 Å². The van der Waals surface area contributed by atoms with Crippen molar-refractivity contribution in [3.05, 3.63) is 43.1 Å². The van der Waals surface area contributed by atoms with Gasteiger partial charge in [0.2, 0.25) is 5.89 Å². The second-order valence-corrected chi connectivity index (χ2v) is 2.39. The maximum Gasteiger partial charge on any atom is 0.222 e. The number of hydrogen-bond acceptors (Lipinski definition) is 3. The van der Waals surface area contributed by atoms with Crippen molar-refractivity contribution in [3.8, 4) is 0 Å². The van der Waals surface area contributed by atoms with Crippen LogP contribution in [0.5, 0.6) is 0 Å². The minimum atomic E-state index is 0.619. The molecule has 0 aliphatic heterocycles. The van der Waals surface area contributed by atoms with Gasteiger partial charge < -0.3 is 8.98 Å². The van der Waals surface area contributed by atoms with E-state index in [2.05, 4.69) is 9.97 Å². The zero-order chi connectivity index (χ0) is 8.39. The topological polar surface area (TPSA) is 43.9 Å². The lowest BCUT2D eigenvalue weighted by molar-refractivity contribution is 0.497. The predicted octanol–water partition coefficient (Wildman–Crippen LogP) is 1.32. The third-order valence-electron chi connectivity index (χ3n) is 1.63. The van der Waals surface area contributed by atoms with Crippen LogP contribution in [0.3, 0.4) is 0 Å². The molecule has 12 heavy (non-hydrogen) atoms. The second kappa shape index (κ2) is 2.81. The second-order valence-electron chi connectivity index (χ2n) is 2.39. The van der Waals surface area contributed by atoms with Gasteiger partial charge in [-0.15, -0.1) is 0 Å². The monoisotopic (exact) mass is 162 g/mol. The van der Waals surface area contributed by atoms with Crippen LogP contribution < -0.4 is 0 Å². The predicted molar refractivity (Wildman–Crippen MR) is 42.1 cm³/mol. The summed E-state index contributed by atoms with van der Waals surface area (Å²) in [6, 6.07) is 0.928. The average molecular weight is 162 g/mol. The Morgan fingerprint density at radius 1 is 1.50 bits per heavy atom. The van der Waals surface area contributed by atoms with Crippen molar-refractivity contribution >= 4 is 0 Å². The first-order valence-electron chi connectivity index (χ1n) is 3.59. The van der Waals surface area contributed by atoms with E-state index in [1.165, 1.54) is 0 Å². The van der Waals surface area contributed by atoms with Gasteiger partial charge in [-0.05, 0) is 6.92 Å². The zero-order valence-corrected chi connectivity index (χ0v) is 6.64. The summed E-state index contributed by atoms with van der Waals surface area (Å²) in [7, 11) is 0. The average Bonchev–Trinajstić information content (AvgIpc) is 2.77. The summed E-state index contributed by atoms with van der Waals surface area (Å²) in [4.78, 5) is 7.95. The first-order valence-corrected chi connectivity index (χ1v) is 3.59. The summed E-state index contributed by atoms with van der Waals surface area (Å²) in [5.74, 6) is 0.619. The van der Waals surface area contributed by atoms with E-state index >= 15 is 0 Å². The molecular formula is C8H8N3O. The van der Waals surface area contributed by atoms with Crippen LogP contribution in [0.2, 0.25) is 0 Å². The molecule has 0 aliphatic rings. The largest absolute Gasteiger partial charge is 0.446 e. The molecule has 0 aromatic carbocycles.